The third-order valence-electron chi connectivity index (χ3n) is 6.98. The van der Waals surface area contributed by atoms with Crippen molar-refractivity contribution in [1.29, 1.82) is 0 Å². The zero-order chi connectivity index (χ0) is 26.6. The number of rotatable bonds is 7. The number of morpholine rings is 1. The highest BCUT2D eigenvalue weighted by Crippen LogP contribution is 2.41. The van der Waals surface area contributed by atoms with Crippen molar-refractivity contribution in [3.05, 3.63) is 64.7 Å². The number of likely N-dealkylation sites (tertiary alicyclic amines) is 1. The molecule has 2 saturated heterocycles. The summed E-state index contributed by atoms with van der Waals surface area (Å²) in [6.45, 7) is 4.86. The van der Waals surface area contributed by atoms with Gasteiger partial charge in [-0.1, -0.05) is 12.1 Å². The molecule has 38 heavy (non-hydrogen) atoms. The Labute approximate surface area is 220 Å². The number of hydrogen-bond donors (Lipinski definition) is 1. The van der Waals surface area contributed by atoms with Crippen molar-refractivity contribution in [3.63, 3.8) is 0 Å². The second-order valence-corrected chi connectivity index (χ2v) is 9.27. The average Bonchev–Trinajstić information content (AvgIpc) is 3.21. The molecule has 1 amide bonds. The first-order valence-electron chi connectivity index (χ1n) is 12.6. The molecule has 0 bridgehead atoms. The van der Waals surface area contributed by atoms with E-state index < -0.39 is 23.7 Å². The largest absolute Gasteiger partial charge is 0.507 e. The zero-order valence-electron chi connectivity index (χ0n) is 21.2. The third-order valence-corrected chi connectivity index (χ3v) is 6.98. The van der Waals surface area contributed by atoms with Gasteiger partial charge >= 0.3 is 5.97 Å². The van der Waals surface area contributed by atoms with Gasteiger partial charge in [0, 0.05) is 31.7 Å². The van der Waals surface area contributed by atoms with Crippen LogP contribution in [0.5, 0.6) is 11.5 Å². The molecule has 1 atom stereocenters. The summed E-state index contributed by atoms with van der Waals surface area (Å²) < 4.78 is 21.4. The van der Waals surface area contributed by atoms with Gasteiger partial charge in [-0.05, 0) is 42.3 Å². The molecule has 3 heterocycles. The maximum atomic E-state index is 13.3. The summed E-state index contributed by atoms with van der Waals surface area (Å²) in [6, 6.07) is 10.6. The number of hydrogen-bond acceptors (Lipinski definition) is 9. The molecule has 0 unspecified atom stereocenters. The molecule has 3 aliphatic rings. The number of carbonyl (C=O) groups excluding carboxylic acids is 3. The van der Waals surface area contributed by atoms with Gasteiger partial charge in [-0.3, -0.25) is 14.5 Å². The van der Waals surface area contributed by atoms with E-state index in [0.29, 0.717) is 67.6 Å². The van der Waals surface area contributed by atoms with Gasteiger partial charge in [0.25, 0.3) is 11.7 Å². The predicted molar refractivity (Wildman–Crippen MR) is 136 cm³/mol. The lowest BCUT2D eigenvalue weighted by Gasteiger charge is -2.29. The van der Waals surface area contributed by atoms with E-state index in [4.69, 9.17) is 18.9 Å². The number of aliphatic hydroxyl groups excluding tert-OH is 1. The lowest BCUT2D eigenvalue weighted by molar-refractivity contribution is -0.140. The quantitative estimate of drug-likeness (QED) is 0.253. The van der Waals surface area contributed by atoms with Gasteiger partial charge in [-0.25, -0.2) is 4.79 Å². The monoisotopic (exact) mass is 522 g/mol. The first-order chi connectivity index (χ1) is 18.5. The molecule has 0 aromatic heterocycles. The van der Waals surface area contributed by atoms with Gasteiger partial charge in [0.05, 0.1) is 37.5 Å². The van der Waals surface area contributed by atoms with Gasteiger partial charge in [-0.15, -0.1) is 0 Å². The van der Waals surface area contributed by atoms with E-state index in [0.717, 1.165) is 19.6 Å². The van der Waals surface area contributed by atoms with Crippen molar-refractivity contribution in [2.45, 2.75) is 12.5 Å². The Morgan fingerprint density at radius 3 is 2.34 bits per heavy atom. The highest BCUT2D eigenvalue weighted by Gasteiger charge is 2.46. The minimum atomic E-state index is -0.820. The molecule has 200 valence electrons. The minimum Gasteiger partial charge on any atom is -0.507 e. The molecule has 5 rings (SSSR count). The molecule has 0 radical (unpaired) electrons. The van der Waals surface area contributed by atoms with Crippen LogP contribution >= 0.6 is 0 Å². The fourth-order valence-electron chi connectivity index (χ4n) is 5.01. The molecule has 2 aromatic carbocycles. The van der Waals surface area contributed by atoms with E-state index in [1.54, 1.807) is 42.5 Å². The van der Waals surface area contributed by atoms with E-state index in [-0.39, 0.29) is 11.3 Å². The van der Waals surface area contributed by atoms with Gasteiger partial charge in [0.2, 0.25) is 0 Å². The Morgan fingerprint density at radius 1 is 0.947 bits per heavy atom. The maximum absolute atomic E-state index is 13.3. The molecule has 0 spiro atoms. The molecule has 0 aliphatic carbocycles. The van der Waals surface area contributed by atoms with Crippen LogP contribution in [0.1, 0.15) is 33.9 Å². The number of methoxy groups -OCH3 is 1. The lowest BCUT2D eigenvalue weighted by Crippen LogP contribution is -2.39. The Bertz CT molecular complexity index is 1250. The topological polar surface area (TPSA) is 115 Å². The molecule has 10 nitrogen and oxygen atoms in total. The molecule has 2 aromatic rings. The van der Waals surface area contributed by atoms with Gasteiger partial charge in [-0.2, -0.15) is 0 Å². The van der Waals surface area contributed by atoms with E-state index in [1.165, 1.54) is 12.0 Å². The van der Waals surface area contributed by atoms with Gasteiger partial charge < -0.3 is 29.0 Å². The Morgan fingerprint density at radius 2 is 1.63 bits per heavy atom. The fraction of sp³-hybridized carbons (Fsp3) is 0.393. The number of aliphatic hydroxyl groups is 1. The van der Waals surface area contributed by atoms with Crippen molar-refractivity contribution in [1.82, 2.24) is 9.80 Å². The van der Waals surface area contributed by atoms with E-state index in [9.17, 15) is 19.5 Å². The number of ether oxygens (including phenoxy) is 4. The summed E-state index contributed by atoms with van der Waals surface area (Å²) in [5.74, 6) is -1.21. The molecular weight excluding hydrogens is 492 g/mol. The number of benzene rings is 2. The molecule has 0 saturated carbocycles. The summed E-state index contributed by atoms with van der Waals surface area (Å²) >= 11 is 0. The standard InChI is InChI=1S/C28H30N2O8/c1-35-28(34)19-5-3-18(4-6-19)24-23(25(31)20-7-8-21-22(17-20)38-16-15-37-21)26(32)27(33)30(24)10-2-9-29-11-13-36-14-12-29/h3-8,17,24,31H,2,9-16H2,1H3/t24-/m0/s1. The summed E-state index contributed by atoms with van der Waals surface area (Å²) in [6.07, 6.45) is 0.647. The van der Waals surface area contributed by atoms with Crippen molar-refractivity contribution in [3.8, 4) is 11.5 Å². The number of fused-ring (bicyclic) bond motifs is 1. The van der Waals surface area contributed by atoms with Crippen LogP contribution in [-0.2, 0) is 19.1 Å². The van der Waals surface area contributed by atoms with Crippen molar-refractivity contribution in [2.24, 2.45) is 0 Å². The smallest absolute Gasteiger partial charge is 0.337 e. The number of amides is 1. The summed E-state index contributed by atoms with van der Waals surface area (Å²) in [4.78, 5) is 42.3. The lowest BCUT2D eigenvalue weighted by atomic mass is 9.94. The Balaban J connectivity index is 1.49. The zero-order valence-corrected chi connectivity index (χ0v) is 21.2. The molecule has 3 aliphatic heterocycles. The first-order valence-corrected chi connectivity index (χ1v) is 12.6. The second-order valence-electron chi connectivity index (χ2n) is 9.27. The first kappa shape index (κ1) is 25.7. The van der Waals surface area contributed by atoms with Crippen LogP contribution in [0, 0.1) is 0 Å². The summed E-state index contributed by atoms with van der Waals surface area (Å²) in [7, 11) is 1.30. The van der Waals surface area contributed by atoms with Crippen LogP contribution in [0.15, 0.2) is 48.0 Å². The Hall–Kier alpha value is -3.89. The number of ketones is 1. The van der Waals surface area contributed by atoms with Crippen LogP contribution in [-0.4, -0.2) is 92.3 Å². The van der Waals surface area contributed by atoms with Crippen molar-refractivity contribution < 1.29 is 38.4 Å². The highest BCUT2D eigenvalue weighted by atomic mass is 16.6. The summed E-state index contributed by atoms with van der Waals surface area (Å²) in [5, 5.41) is 11.4. The van der Waals surface area contributed by atoms with E-state index in [2.05, 4.69) is 4.90 Å². The number of Topliss-reactive ketones (excluding diaryl/α,β-unsaturated/α-hetero) is 1. The number of nitrogens with zero attached hydrogens (tertiary/aromatic N) is 2. The number of carbonyl (C=O) groups is 3. The minimum absolute atomic E-state index is 0.0103. The number of esters is 1. The van der Waals surface area contributed by atoms with Crippen LogP contribution in [0.2, 0.25) is 0 Å². The molecule has 2 fully saturated rings. The SMILES string of the molecule is COC(=O)c1ccc([C@H]2C(=C(O)c3ccc4c(c3)OCCO4)C(=O)C(=O)N2CCCN2CCOCC2)cc1. The van der Waals surface area contributed by atoms with Crippen LogP contribution in [0.4, 0.5) is 0 Å². The predicted octanol–water partition coefficient (Wildman–Crippen LogP) is 2.39. The molecule has 1 N–H and O–H groups in total. The second kappa shape index (κ2) is 11.2. The molecular formula is C28H30N2O8. The van der Waals surface area contributed by atoms with Crippen molar-refractivity contribution in [2.75, 3.05) is 59.7 Å². The van der Waals surface area contributed by atoms with Crippen LogP contribution in [0.3, 0.4) is 0 Å². The maximum Gasteiger partial charge on any atom is 0.337 e. The van der Waals surface area contributed by atoms with Crippen molar-refractivity contribution >= 4 is 23.4 Å². The van der Waals surface area contributed by atoms with E-state index in [1.807, 2.05) is 0 Å². The van der Waals surface area contributed by atoms with Gasteiger partial charge in [0.15, 0.2) is 11.5 Å². The fourth-order valence-corrected chi connectivity index (χ4v) is 5.01. The van der Waals surface area contributed by atoms with Crippen LogP contribution < -0.4 is 9.47 Å². The molecule has 10 heteroatoms. The van der Waals surface area contributed by atoms with E-state index >= 15 is 0 Å². The Kier molecular flexibility index (Phi) is 7.62. The van der Waals surface area contributed by atoms with Gasteiger partial charge in [0.1, 0.15) is 19.0 Å². The average molecular weight is 523 g/mol. The summed E-state index contributed by atoms with van der Waals surface area (Å²) in [5.41, 5.74) is 1.27. The highest BCUT2D eigenvalue weighted by molar-refractivity contribution is 6.46. The van der Waals surface area contributed by atoms with Crippen LogP contribution in [0.25, 0.3) is 5.76 Å². The normalized spacial score (nSPS) is 21.0. The third kappa shape index (κ3) is 5.09.